The van der Waals surface area contributed by atoms with Crippen molar-refractivity contribution in [3.8, 4) is 11.5 Å². The number of aliphatic carboxylic acids is 1. The lowest BCUT2D eigenvalue weighted by Crippen LogP contribution is -2.07. The number of alkyl halides is 3. The molecule has 9 heteroatoms. The Bertz CT molecular complexity index is 1240. The molecule has 4 aromatic rings. The van der Waals surface area contributed by atoms with E-state index in [9.17, 15) is 18.0 Å². The summed E-state index contributed by atoms with van der Waals surface area (Å²) in [5.74, 6) is 0.459. The Hall–Kier alpha value is -3.20. The highest BCUT2D eigenvalue weighted by atomic mass is 32.2. The quantitative estimate of drug-likeness (QED) is 0.368. The van der Waals surface area contributed by atoms with Crippen molar-refractivity contribution < 1.29 is 27.5 Å². The van der Waals surface area contributed by atoms with E-state index in [0.29, 0.717) is 22.8 Å². The Labute approximate surface area is 179 Å². The SMILES string of the molecule is Cc1nc(-c2ccc(C(F)(F)F)cc2)oc1CSc1cccc2c1ccn2CC(=O)O. The molecule has 1 N–H and O–H groups in total. The van der Waals surface area contributed by atoms with Crippen molar-refractivity contribution in [3.05, 3.63) is 71.7 Å². The van der Waals surface area contributed by atoms with Crippen LogP contribution < -0.4 is 0 Å². The van der Waals surface area contributed by atoms with Crippen molar-refractivity contribution in [1.82, 2.24) is 9.55 Å². The molecule has 0 radical (unpaired) electrons. The van der Waals surface area contributed by atoms with Crippen LogP contribution in [0.5, 0.6) is 0 Å². The summed E-state index contributed by atoms with van der Waals surface area (Å²) in [6.45, 7) is 1.67. The average Bonchev–Trinajstić information content (AvgIpc) is 3.29. The average molecular weight is 446 g/mol. The van der Waals surface area contributed by atoms with Crippen molar-refractivity contribution in [2.24, 2.45) is 0 Å². The summed E-state index contributed by atoms with van der Waals surface area (Å²) in [6.07, 6.45) is -2.65. The van der Waals surface area contributed by atoms with Crippen molar-refractivity contribution in [1.29, 1.82) is 0 Å². The number of thioether (sulfide) groups is 1. The van der Waals surface area contributed by atoms with Gasteiger partial charge < -0.3 is 14.1 Å². The molecule has 0 amide bonds. The maximum Gasteiger partial charge on any atom is 0.416 e. The summed E-state index contributed by atoms with van der Waals surface area (Å²) < 4.78 is 45.8. The summed E-state index contributed by atoms with van der Waals surface area (Å²) in [5, 5.41) is 9.99. The molecule has 4 rings (SSSR count). The van der Waals surface area contributed by atoms with Crippen LogP contribution >= 0.6 is 11.8 Å². The highest BCUT2D eigenvalue weighted by Crippen LogP contribution is 2.34. The fourth-order valence-corrected chi connectivity index (χ4v) is 4.29. The van der Waals surface area contributed by atoms with E-state index in [1.165, 1.54) is 23.9 Å². The molecule has 0 fully saturated rings. The Balaban J connectivity index is 1.53. The third-order valence-corrected chi connectivity index (χ3v) is 5.86. The molecule has 0 aliphatic carbocycles. The first-order valence-corrected chi connectivity index (χ1v) is 10.3. The number of fused-ring (bicyclic) bond motifs is 1. The summed E-state index contributed by atoms with van der Waals surface area (Å²) in [7, 11) is 0. The minimum Gasteiger partial charge on any atom is -0.480 e. The monoisotopic (exact) mass is 446 g/mol. The number of carboxylic acids is 1. The van der Waals surface area contributed by atoms with Crippen molar-refractivity contribution >= 4 is 28.6 Å². The Morgan fingerprint density at radius 3 is 2.58 bits per heavy atom. The number of aryl methyl sites for hydroxylation is 1. The molecule has 2 aromatic carbocycles. The maximum atomic E-state index is 12.8. The molecule has 5 nitrogen and oxygen atoms in total. The Morgan fingerprint density at radius 1 is 1.16 bits per heavy atom. The van der Waals surface area contributed by atoms with Crippen molar-refractivity contribution in [2.45, 2.75) is 30.3 Å². The van der Waals surface area contributed by atoms with E-state index in [1.807, 2.05) is 24.3 Å². The minimum atomic E-state index is -4.39. The molecule has 0 saturated carbocycles. The van der Waals surface area contributed by atoms with Gasteiger partial charge in [0.1, 0.15) is 12.3 Å². The van der Waals surface area contributed by atoms with E-state index in [4.69, 9.17) is 9.52 Å². The van der Waals surface area contributed by atoms with Gasteiger partial charge in [0, 0.05) is 27.6 Å². The van der Waals surface area contributed by atoms with Gasteiger partial charge >= 0.3 is 12.1 Å². The zero-order valence-corrected chi connectivity index (χ0v) is 17.1. The van der Waals surface area contributed by atoms with Crippen LogP contribution in [0.1, 0.15) is 17.0 Å². The van der Waals surface area contributed by atoms with Crippen LogP contribution in [-0.2, 0) is 23.3 Å². The fraction of sp³-hybridized carbons (Fsp3) is 0.182. The smallest absolute Gasteiger partial charge is 0.416 e. The van der Waals surface area contributed by atoms with Crippen molar-refractivity contribution in [3.63, 3.8) is 0 Å². The molecular weight excluding hydrogens is 429 g/mol. The van der Waals surface area contributed by atoms with Gasteiger partial charge in [0.15, 0.2) is 0 Å². The second-order valence-corrected chi connectivity index (χ2v) is 7.93. The zero-order chi connectivity index (χ0) is 22.2. The highest BCUT2D eigenvalue weighted by Gasteiger charge is 2.30. The lowest BCUT2D eigenvalue weighted by molar-refractivity contribution is -0.138. The van der Waals surface area contributed by atoms with E-state index in [1.54, 1.807) is 17.7 Å². The van der Waals surface area contributed by atoms with Crippen LogP contribution in [0.2, 0.25) is 0 Å². The fourth-order valence-electron chi connectivity index (χ4n) is 3.24. The molecule has 160 valence electrons. The number of aromatic nitrogens is 2. The first-order chi connectivity index (χ1) is 14.7. The van der Waals surface area contributed by atoms with Gasteiger partial charge in [-0.3, -0.25) is 4.79 Å². The second kappa shape index (κ2) is 8.14. The largest absolute Gasteiger partial charge is 0.480 e. The molecule has 0 bridgehead atoms. The summed E-state index contributed by atoms with van der Waals surface area (Å²) in [5.41, 5.74) is 1.24. The van der Waals surface area contributed by atoms with Crippen LogP contribution in [-0.4, -0.2) is 20.6 Å². The van der Waals surface area contributed by atoms with E-state index in [0.717, 1.165) is 27.9 Å². The van der Waals surface area contributed by atoms with Crippen LogP contribution in [0, 0.1) is 6.92 Å². The first-order valence-electron chi connectivity index (χ1n) is 9.29. The topological polar surface area (TPSA) is 68.3 Å². The van der Waals surface area contributed by atoms with E-state index in [-0.39, 0.29) is 12.4 Å². The Kier molecular flexibility index (Phi) is 5.53. The third-order valence-electron chi connectivity index (χ3n) is 4.79. The molecule has 2 heterocycles. The van der Waals surface area contributed by atoms with Crippen LogP contribution in [0.15, 0.2) is 64.0 Å². The van der Waals surface area contributed by atoms with E-state index >= 15 is 0 Å². The molecule has 0 aliphatic heterocycles. The van der Waals surface area contributed by atoms with Gasteiger partial charge in [-0.1, -0.05) is 6.07 Å². The molecule has 31 heavy (non-hydrogen) atoms. The summed E-state index contributed by atoms with van der Waals surface area (Å²) >= 11 is 1.52. The molecule has 0 atom stereocenters. The van der Waals surface area contributed by atoms with Crippen LogP contribution in [0.25, 0.3) is 22.4 Å². The summed E-state index contributed by atoms with van der Waals surface area (Å²) in [4.78, 5) is 16.3. The number of hydrogen-bond donors (Lipinski definition) is 1. The van der Waals surface area contributed by atoms with Gasteiger partial charge in [-0.15, -0.1) is 11.8 Å². The molecule has 0 aliphatic rings. The number of carbonyl (C=O) groups is 1. The van der Waals surface area contributed by atoms with Gasteiger partial charge in [-0.2, -0.15) is 13.2 Å². The molecule has 2 aromatic heterocycles. The van der Waals surface area contributed by atoms with Gasteiger partial charge in [0.05, 0.1) is 17.0 Å². The molecule has 0 unspecified atom stereocenters. The molecule has 0 saturated heterocycles. The predicted octanol–water partition coefficient (Wildman–Crippen LogP) is 6.00. The molecular formula is C22H17F3N2O3S. The van der Waals surface area contributed by atoms with Crippen LogP contribution in [0.4, 0.5) is 13.2 Å². The summed E-state index contributed by atoms with van der Waals surface area (Å²) in [6, 6.07) is 12.3. The number of oxazole rings is 1. The number of carboxylic acid groups (broad SMARTS) is 1. The third kappa shape index (κ3) is 4.46. The van der Waals surface area contributed by atoms with Gasteiger partial charge in [-0.25, -0.2) is 4.98 Å². The van der Waals surface area contributed by atoms with E-state index < -0.39 is 17.7 Å². The molecule has 0 spiro atoms. The second-order valence-electron chi connectivity index (χ2n) is 6.92. The highest BCUT2D eigenvalue weighted by molar-refractivity contribution is 7.98. The van der Waals surface area contributed by atoms with Gasteiger partial charge in [-0.05, 0) is 49.4 Å². The maximum absolute atomic E-state index is 12.8. The normalized spacial score (nSPS) is 11.9. The van der Waals surface area contributed by atoms with Gasteiger partial charge in [0.2, 0.25) is 5.89 Å². The number of rotatable bonds is 6. The Morgan fingerprint density at radius 2 is 1.90 bits per heavy atom. The standard InChI is InChI=1S/C22H17F3N2O3S/c1-13-18(30-21(26-13)14-5-7-15(8-6-14)22(23,24)25)12-31-19-4-2-3-17-16(19)9-10-27(17)11-20(28)29/h2-10H,11-12H2,1H3,(H,28,29). The minimum absolute atomic E-state index is 0.116. The van der Waals surface area contributed by atoms with E-state index in [2.05, 4.69) is 4.98 Å². The van der Waals surface area contributed by atoms with Crippen LogP contribution in [0.3, 0.4) is 0 Å². The zero-order valence-electron chi connectivity index (χ0n) is 16.3. The number of nitrogens with zero attached hydrogens (tertiary/aromatic N) is 2. The number of benzene rings is 2. The van der Waals surface area contributed by atoms with Crippen molar-refractivity contribution in [2.75, 3.05) is 0 Å². The lowest BCUT2D eigenvalue weighted by Gasteiger charge is -2.06. The lowest BCUT2D eigenvalue weighted by atomic mass is 10.1. The number of halogens is 3. The first kappa shape index (κ1) is 21.0. The number of hydrogen-bond acceptors (Lipinski definition) is 4. The van der Waals surface area contributed by atoms with Gasteiger partial charge in [0.25, 0.3) is 0 Å². The predicted molar refractivity (Wildman–Crippen MR) is 111 cm³/mol.